The van der Waals surface area contributed by atoms with Crippen LogP contribution in [-0.2, 0) is 11.3 Å². The molecule has 0 aliphatic carbocycles. The molecule has 2 N–H and O–H groups in total. The Hall–Kier alpha value is -2.15. The zero-order valence-corrected chi connectivity index (χ0v) is 11.9. The van der Waals surface area contributed by atoms with Crippen molar-refractivity contribution in [3.05, 3.63) is 31.0 Å². The second-order valence-corrected chi connectivity index (χ2v) is 5.05. The fourth-order valence-corrected chi connectivity index (χ4v) is 2.30. The second-order valence-electron chi connectivity index (χ2n) is 5.05. The number of hydrogen-bond donors (Lipinski definition) is 2. The summed E-state index contributed by atoms with van der Waals surface area (Å²) >= 11 is 0. The van der Waals surface area contributed by atoms with Crippen LogP contribution in [0.4, 0.5) is 11.8 Å². The molecule has 0 radical (unpaired) electrons. The molecule has 1 aliphatic heterocycles. The third-order valence-corrected chi connectivity index (χ3v) is 3.38. The van der Waals surface area contributed by atoms with Gasteiger partial charge in [-0.15, -0.1) is 0 Å². The summed E-state index contributed by atoms with van der Waals surface area (Å²) < 4.78 is 7.47. The average molecular weight is 288 g/mol. The predicted octanol–water partition coefficient (Wildman–Crippen LogP) is 1.38. The Labute approximate surface area is 123 Å². The number of anilines is 2. The third-order valence-electron chi connectivity index (χ3n) is 3.38. The summed E-state index contributed by atoms with van der Waals surface area (Å²) in [5.74, 6) is 1.47. The van der Waals surface area contributed by atoms with Gasteiger partial charge in [0.25, 0.3) is 0 Å². The number of ether oxygens (including phenoxy) is 1. The Morgan fingerprint density at radius 3 is 3.19 bits per heavy atom. The van der Waals surface area contributed by atoms with E-state index in [2.05, 4.69) is 25.6 Å². The molecule has 3 rings (SSSR count). The van der Waals surface area contributed by atoms with E-state index in [0.717, 1.165) is 45.0 Å². The van der Waals surface area contributed by atoms with E-state index in [4.69, 9.17) is 4.74 Å². The molecule has 3 heterocycles. The molecule has 1 fully saturated rings. The summed E-state index contributed by atoms with van der Waals surface area (Å²) in [4.78, 5) is 12.7. The summed E-state index contributed by atoms with van der Waals surface area (Å²) in [6.07, 6.45) is 9.48. The molecule has 1 unspecified atom stereocenters. The molecule has 7 heteroatoms. The van der Waals surface area contributed by atoms with E-state index in [9.17, 15) is 0 Å². The van der Waals surface area contributed by atoms with Gasteiger partial charge in [-0.05, 0) is 18.9 Å². The molecule has 21 heavy (non-hydrogen) atoms. The van der Waals surface area contributed by atoms with Crippen molar-refractivity contribution in [2.75, 3.05) is 30.4 Å². The lowest BCUT2D eigenvalue weighted by molar-refractivity contribution is 0.0875. The van der Waals surface area contributed by atoms with Crippen LogP contribution in [0.3, 0.4) is 0 Å². The van der Waals surface area contributed by atoms with Gasteiger partial charge < -0.3 is 19.9 Å². The SMILES string of the molecule is c1cn(CCNc2nccc(NC3CCCOC3)n2)cn1. The van der Waals surface area contributed by atoms with E-state index < -0.39 is 0 Å². The van der Waals surface area contributed by atoms with Crippen molar-refractivity contribution in [2.45, 2.75) is 25.4 Å². The molecule has 2 aromatic heterocycles. The highest BCUT2D eigenvalue weighted by Gasteiger charge is 2.14. The van der Waals surface area contributed by atoms with Crippen LogP contribution < -0.4 is 10.6 Å². The van der Waals surface area contributed by atoms with Gasteiger partial charge in [0.05, 0.1) is 19.0 Å². The third kappa shape index (κ3) is 4.16. The maximum atomic E-state index is 5.46. The minimum atomic E-state index is 0.340. The summed E-state index contributed by atoms with van der Waals surface area (Å²) in [5.41, 5.74) is 0. The quantitative estimate of drug-likeness (QED) is 0.836. The standard InChI is InChI=1S/C14H20N6O/c1-2-12(10-21-9-1)18-13-3-4-16-14(19-13)17-6-8-20-7-5-15-11-20/h3-5,7,11-12H,1-2,6,8-10H2,(H2,16,17,18,19). The zero-order valence-electron chi connectivity index (χ0n) is 11.9. The predicted molar refractivity (Wildman–Crippen MR) is 80.2 cm³/mol. The Morgan fingerprint density at radius 1 is 1.38 bits per heavy atom. The first-order valence-corrected chi connectivity index (χ1v) is 7.27. The molecule has 1 atom stereocenters. The largest absolute Gasteiger partial charge is 0.379 e. The van der Waals surface area contributed by atoms with Crippen molar-refractivity contribution in [1.82, 2.24) is 19.5 Å². The molecule has 0 bridgehead atoms. The first kappa shape index (κ1) is 13.8. The maximum Gasteiger partial charge on any atom is 0.224 e. The molecule has 1 saturated heterocycles. The molecule has 7 nitrogen and oxygen atoms in total. The highest BCUT2D eigenvalue weighted by molar-refractivity contribution is 5.40. The van der Waals surface area contributed by atoms with Crippen molar-refractivity contribution in [3.8, 4) is 0 Å². The van der Waals surface area contributed by atoms with Crippen LogP contribution in [0.5, 0.6) is 0 Å². The maximum absolute atomic E-state index is 5.46. The zero-order chi connectivity index (χ0) is 14.3. The molecule has 0 spiro atoms. The van der Waals surface area contributed by atoms with Crippen molar-refractivity contribution in [1.29, 1.82) is 0 Å². The summed E-state index contributed by atoms with van der Waals surface area (Å²) in [6, 6.07) is 2.22. The lowest BCUT2D eigenvalue weighted by Gasteiger charge is -2.23. The van der Waals surface area contributed by atoms with E-state index in [1.54, 1.807) is 18.7 Å². The van der Waals surface area contributed by atoms with Crippen LogP contribution in [0.15, 0.2) is 31.0 Å². The number of imidazole rings is 1. The van der Waals surface area contributed by atoms with Crippen LogP contribution >= 0.6 is 0 Å². The van der Waals surface area contributed by atoms with Crippen LogP contribution in [0.1, 0.15) is 12.8 Å². The molecule has 2 aromatic rings. The first-order chi connectivity index (χ1) is 10.4. The number of hydrogen-bond acceptors (Lipinski definition) is 6. The Balaban J connectivity index is 1.50. The first-order valence-electron chi connectivity index (χ1n) is 7.27. The van der Waals surface area contributed by atoms with Gasteiger partial charge >= 0.3 is 0 Å². The molecular weight excluding hydrogens is 268 g/mol. The smallest absolute Gasteiger partial charge is 0.224 e. The van der Waals surface area contributed by atoms with Crippen LogP contribution in [0, 0.1) is 0 Å². The second kappa shape index (κ2) is 7.03. The normalized spacial score (nSPS) is 18.4. The van der Waals surface area contributed by atoms with Crippen molar-refractivity contribution < 1.29 is 4.74 Å². The van der Waals surface area contributed by atoms with Gasteiger partial charge in [-0.25, -0.2) is 9.97 Å². The van der Waals surface area contributed by atoms with Gasteiger partial charge in [0.1, 0.15) is 5.82 Å². The van der Waals surface area contributed by atoms with Gasteiger partial charge in [-0.3, -0.25) is 0 Å². The van der Waals surface area contributed by atoms with Crippen molar-refractivity contribution in [2.24, 2.45) is 0 Å². The molecule has 1 aliphatic rings. The Morgan fingerprint density at radius 2 is 2.38 bits per heavy atom. The summed E-state index contributed by atoms with van der Waals surface area (Å²) in [7, 11) is 0. The topological polar surface area (TPSA) is 76.9 Å². The molecular formula is C14H20N6O. The molecule has 0 amide bonds. The summed E-state index contributed by atoms with van der Waals surface area (Å²) in [5, 5.41) is 6.61. The van der Waals surface area contributed by atoms with Crippen molar-refractivity contribution >= 4 is 11.8 Å². The highest BCUT2D eigenvalue weighted by Crippen LogP contribution is 2.13. The average Bonchev–Trinajstić information content (AvgIpc) is 3.02. The van der Waals surface area contributed by atoms with E-state index in [1.165, 1.54) is 0 Å². The van der Waals surface area contributed by atoms with Gasteiger partial charge in [-0.1, -0.05) is 0 Å². The number of rotatable bonds is 6. The van der Waals surface area contributed by atoms with Crippen LogP contribution in [0.2, 0.25) is 0 Å². The van der Waals surface area contributed by atoms with E-state index in [-0.39, 0.29) is 0 Å². The lowest BCUT2D eigenvalue weighted by Crippen LogP contribution is -2.30. The highest BCUT2D eigenvalue weighted by atomic mass is 16.5. The van der Waals surface area contributed by atoms with Gasteiger partial charge in [0.15, 0.2) is 0 Å². The molecule has 0 aromatic carbocycles. The van der Waals surface area contributed by atoms with E-state index in [1.807, 2.05) is 16.8 Å². The van der Waals surface area contributed by atoms with Gasteiger partial charge in [0, 0.05) is 38.3 Å². The molecule has 112 valence electrons. The molecule has 0 saturated carbocycles. The fourth-order valence-electron chi connectivity index (χ4n) is 2.30. The van der Waals surface area contributed by atoms with Crippen LogP contribution in [-0.4, -0.2) is 45.3 Å². The van der Waals surface area contributed by atoms with E-state index >= 15 is 0 Å². The van der Waals surface area contributed by atoms with Crippen LogP contribution in [0.25, 0.3) is 0 Å². The van der Waals surface area contributed by atoms with E-state index in [0.29, 0.717) is 12.0 Å². The minimum absolute atomic E-state index is 0.340. The number of nitrogens with one attached hydrogen (secondary N) is 2. The number of nitrogens with zero attached hydrogens (tertiary/aromatic N) is 4. The van der Waals surface area contributed by atoms with Gasteiger partial charge in [-0.2, -0.15) is 4.98 Å². The van der Waals surface area contributed by atoms with Crippen molar-refractivity contribution in [3.63, 3.8) is 0 Å². The Kier molecular flexibility index (Phi) is 4.62. The minimum Gasteiger partial charge on any atom is -0.379 e. The fraction of sp³-hybridized carbons (Fsp3) is 0.500. The van der Waals surface area contributed by atoms with Gasteiger partial charge in [0.2, 0.25) is 5.95 Å². The summed E-state index contributed by atoms with van der Waals surface area (Å²) in [6.45, 7) is 3.19. The Bertz CT molecular complexity index is 538. The monoisotopic (exact) mass is 288 g/mol. The number of aromatic nitrogens is 4. The lowest BCUT2D eigenvalue weighted by atomic mass is 10.1.